The molecule has 34 heavy (non-hydrogen) atoms. The van der Waals surface area contributed by atoms with Crippen LogP contribution >= 0.6 is 0 Å². The summed E-state index contributed by atoms with van der Waals surface area (Å²) in [5, 5.41) is 9.71. The largest absolute Gasteiger partial charge is 0.369 e. The lowest BCUT2D eigenvalue weighted by Gasteiger charge is -2.36. The molecular weight excluding hydrogens is 432 g/mol. The third-order valence-corrected chi connectivity index (χ3v) is 6.91. The summed E-state index contributed by atoms with van der Waals surface area (Å²) in [5.41, 5.74) is 11.1. The van der Waals surface area contributed by atoms with E-state index in [4.69, 9.17) is 5.73 Å². The van der Waals surface area contributed by atoms with Crippen molar-refractivity contribution in [2.45, 2.75) is 26.8 Å². The zero-order valence-corrected chi connectivity index (χ0v) is 19.5. The number of nitrogen functional groups attached to an aromatic ring is 1. The van der Waals surface area contributed by atoms with Crippen LogP contribution in [0.1, 0.15) is 18.3 Å². The number of anilines is 3. The molecule has 2 N–H and O–H groups in total. The molecule has 0 radical (unpaired) electrons. The molecule has 0 aliphatic carbocycles. The first-order valence-electron chi connectivity index (χ1n) is 11.7. The second-order valence-electron chi connectivity index (χ2n) is 9.03. The third-order valence-electron chi connectivity index (χ3n) is 6.91. The van der Waals surface area contributed by atoms with Crippen molar-refractivity contribution in [3.63, 3.8) is 0 Å². The van der Waals surface area contributed by atoms with Gasteiger partial charge in [0.05, 0.1) is 18.1 Å². The van der Waals surface area contributed by atoms with E-state index in [1.807, 2.05) is 16.5 Å². The van der Waals surface area contributed by atoms with E-state index in [9.17, 15) is 4.79 Å². The van der Waals surface area contributed by atoms with Crippen molar-refractivity contribution < 1.29 is 4.79 Å². The number of aryl methyl sites for hydroxylation is 1. The van der Waals surface area contributed by atoms with Gasteiger partial charge in [-0.15, -0.1) is 5.10 Å². The van der Waals surface area contributed by atoms with Gasteiger partial charge < -0.3 is 15.5 Å². The lowest BCUT2D eigenvalue weighted by molar-refractivity contribution is -0.116. The minimum absolute atomic E-state index is 0.115. The van der Waals surface area contributed by atoms with Crippen LogP contribution in [0.15, 0.2) is 24.4 Å². The molecule has 0 atom stereocenters. The Morgan fingerprint density at radius 2 is 1.88 bits per heavy atom. The van der Waals surface area contributed by atoms with E-state index in [1.54, 1.807) is 17.6 Å². The van der Waals surface area contributed by atoms with E-state index in [0.717, 1.165) is 69.0 Å². The van der Waals surface area contributed by atoms with Gasteiger partial charge in [0.1, 0.15) is 5.82 Å². The SMILES string of the molecule is CC(=O)N1CCc2cc(N3CCN(CCn4ncc5c4nc(N)n4nc(C)nc54)CC3)ccc21. The quantitative estimate of drug-likeness (QED) is 0.482. The average Bonchev–Trinajstić information content (AvgIpc) is 3.54. The highest BCUT2D eigenvalue weighted by Crippen LogP contribution is 2.32. The van der Waals surface area contributed by atoms with Crippen LogP contribution in [0, 0.1) is 6.92 Å². The van der Waals surface area contributed by atoms with Crippen molar-refractivity contribution in [2.75, 3.05) is 54.8 Å². The van der Waals surface area contributed by atoms with Crippen LogP contribution in [0.4, 0.5) is 17.3 Å². The molecule has 11 heteroatoms. The van der Waals surface area contributed by atoms with Crippen molar-refractivity contribution in [2.24, 2.45) is 0 Å². The van der Waals surface area contributed by atoms with E-state index >= 15 is 0 Å². The van der Waals surface area contributed by atoms with Gasteiger partial charge in [0.15, 0.2) is 11.3 Å². The van der Waals surface area contributed by atoms with E-state index in [2.05, 4.69) is 48.2 Å². The molecule has 0 saturated carbocycles. The predicted octanol–water partition coefficient (Wildman–Crippen LogP) is 1.10. The summed E-state index contributed by atoms with van der Waals surface area (Å²) in [5.74, 6) is 1.09. The lowest BCUT2D eigenvalue weighted by Crippen LogP contribution is -2.47. The summed E-state index contributed by atoms with van der Waals surface area (Å²) >= 11 is 0. The number of carbonyl (C=O) groups is 1. The number of rotatable bonds is 4. The smallest absolute Gasteiger partial charge is 0.225 e. The molecule has 1 aromatic carbocycles. The molecule has 1 saturated heterocycles. The fourth-order valence-electron chi connectivity index (χ4n) is 5.10. The summed E-state index contributed by atoms with van der Waals surface area (Å²) in [6.45, 7) is 9.80. The molecule has 0 bridgehead atoms. The van der Waals surface area contributed by atoms with Gasteiger partial charge in [-0.3, -0.25) is 9.69 Å². The Bertz CT molecular complexity index is 1400. The fraction of sp³-hybridized carbons (Fsp3) is 0.435. The van der Waals surface area contributed by atoms with Gasteiger partial charge in [0.2, 0.25) is 11.9 Å². The number of carbonyl (C=O) groups excluding carboxylic acids is 1. The van der Waals surface area contributed by atoms with Crippen molar-refractivity contribution in [1.29, 1.82) is 0 Å². The summed E-state index contributed by atoms with van der Waals surface area (Å²) in [4.78, 5) is 27.6. The number of benzene rings is 1. The first-order valence-corrected chi connectivity index (χ1v) is 11.7. The van der Waals surface area contributed by atoms with Crippen LogP contribution in [0.2, 0.25) is 0 Å². The minimum atomic E-state index is 0.115. The Morgan fingerprint density at radius 1 is 1.06 bits per heavy atom. The van der Waals surface area contributed by atoms with Gasteiger partial charge in [-0.1, -0.05) is 0 Å². The number of nitrogens with two attached hydrogens (primary N) is 1. The summed E-state index contributed by atoms with van der Waals surface area (Å²) < 4.78 is 3.48. The van der Waals surface area contributed by atoms with Crippen LogP contribution in [-0.2, 0) is 17.8 Å². The Morgan fingerprint density at radius 3 is 2.68 bits per heavy atom. The molecule has 176 valence electrons. The second kappa shape index (κ2) is 7.94. The number of fused-ring (bicyclic) bond motifs is 4. The Labute approximate surface area is 196 Å². The van der Waals surface area contributed by atoms with Gasteiger partial charge in [0.25, 0.3) is 0 Å². The van der Waals surface area contributed by atoms with Crippen LogP contribution in [0.5, 0.6) is 0 Å². The monoisotopic (exact) mass is 460 g/mol. The third kappa shape index (κ3) is 3.43. The highest BCUT2D eigenvalue weighted by molar-refractivity contribution is 5.94. The second-order valence-corrected chi connectivity index (χ2v) is 9.03. The number of hydrogen-bond acceptors (Lipinski definition) is 8. The standard InChI is InChI=1S/C23H28N10O/c1-15-26-22-19-14-25-32(21(19)27-23(24)33(22)28-15)12-9-29-7-10-30(11-8-29)18-3-4-20-17(13-18)5-6-31(20)16(2)34/h3-4,13-14H,5-12H2,1-2H3,(H2,24,27). The van der Waals surface area contributed by atoms with Crippen LogP contribution in [0.3, 0.4) is 0 Å². The first kappa shape index (κ1) is 20.8. The van der Waals surface area contributed by atoms with Crippen molar-refractivity contribution in [3.05, 3.63) is 35.8 Å². The van der Waals surface area contributed by atoms with Gasteiger partial charge in [-0.05, 0) is 37.1 Å². The molecule has 0 unspecified atom stereocenters. The molecule has 4 aromatic rings. The Balaban J connectivity index is 1.10. The fourth-order valence-corrected chi connectivity index (χ4v) is 5.10. The number of piperazine rings is 1. The molecule has 5 heterocycles. The van der Waals surface area contributed by atoms with Crippen LogP contribution in [0.25, 0.3) is 16.7 Å². The van der Waals surface area contributed by atoms with E-state index in [0.29, 0.717) is 17.4 Å². The Hall–Kier alpha value is -3.73. The summed E-state index contributed by atoms with van der Waals surface area (Å²) in [6, 6.07) is 6.50. The maximum atomic E-state index is 11.8. The molecule has 6 rings (SSSR count). The maximum absolute atomic E-state index is 11.8. The number of aromatic nitrogens is 6. The number of nitrogens with zero attached hydrogens (tertiary/aromatic N) is 9. The number of hydrogen-bond donors (Lipinski definition) is 1. The van der Waals surface area contributed by atoms with Gasteiger partial charge in [-0.2, -0.15) is 14.6 Å². The zero-order chi connectivity index (χ0) is 23.4. The molecule has 2 aliphatic heterocycles. The number of amides is 1. The first-order chi connectivity index (χ1) is 16.5. The van der Waals surface area contributed by atoms with Crippen molar-refractivity contribution in [3.8, 4) is 0 Å². The molecule has 1 fully saturated rings. The van der Waals surface area contributed by atoms with Crippen molar-refractivity contribution >= 4 is 39.9 Å². The summed E-state index contributed by atoms with van der Waals surface area (Å²) in [6.07, 6.45) is 2.73. The zero-order valence-electron chi connectivity index (χ0n) is 19.5. The topological polar surface area (TPSA) is 114 Å². The normalized spacial score (nSPS) is 16.6. The van der Waals surface area contributed by atoms with Crippen LogP contribution in [-0.4, -0.2) is 79.4 Å². The molecular formula is C23H28N10O. The Kier molecular flexibility index (Phi) is 4.87. The predicted molar refractivity (Wildman–Crippen MR) is 130 cm³/mol. The minimum Gasteiger partial charge on any atom is -0.369 e. The molecule has 2 aliphatic rings. The average molecular weight is 461 g/mol. The van der Waals surface area contributed by atoms with Gasteiger partial charge >= 0.3 is 0 Å². The molecule has 1 amide bonds. The van der Waals surface area contributed by atoms with Crippen molar-refractivity contribution in [1.82, 2.24) is 34.3 Å². The molecule has 0 spiro atoms. The van der Waals surface area contributed by atoms with E-state index in [1.165, 1.54) is 11.3 Å². The van der Waals surface area contributed by atoms with Gasteiger partial charge in [0, 0.05) is 57.6 Å². The highest BCUT2D eigenvalue weighted by atomic mass is 16.2. The van der Waals surface area contributed by atoms with E-state index in [-0.39, 0.29) is 5.91 Å². The maximum Gasteiger partial charge on any atom is 0.225 e. The van der Waals surface area contributed by atoms with Gasteiger partial charge in [-0.25, -0.2) is 9.67 Å². The van der Waals surface area contributed by atoms with Crippen LogP contribution < -0.4 is 15.5 Å². The van der Waals surface area contributed by atoms with E-state index < -0.39 is 0 Å². The summed E-state index contributed by atoms with van der Waals surface area (Å²) in [7, 11) is 0. The lowest BCUT2D eigenvalue weighted by atomic mass is 10.1. The molecule has 11 nitrogen and oxygen atoms in total. The highest BCUT2D eigenvalue weighted by Gasteiger charge is 2.24. The molecule has 3 aromatic heterocycles.